The number of nitrogens with zero attached hydrogens (tertiary/aromatic N) is 1. The Balaban J connectivity index is -0.000000149. The second-order valence-electron chi connectivity index (χ2n) is 1.62. The van der Waals surface area contributed by atoms with E-state index < -0.39 is 0 Å². The summed E-state index contributed by atoms with van der Waals surface area (Å²) >= 11 is 0. The van der Waals surface area contributed by atoms with Gasteiger partial charge in [-0.15, -0.1) is 0 Å². The second-order valence-corrected chi connectivity index (χ2v) is 1.62. The zero-order valence-corrected chi connectivity index (χ0v) is 6.46. The smallest absolute Gasteiger partial charge is 0.304 e. The first-order chi connectivity index (χ1) is 4.35. The molecule has 0 aliphatic carbocycles. The third-order valence-corrected chi connectivity index (χ3v) is 1.34. The van der Waals surface area contributed by atoms with Crippen molar-refractivity contribution in [3.8, 4) is 0 Å². The molecule has 58 valence electrons. The molecule has 0 rings (SSSR count). The lowest BCUT2D eigenvalue weighted by atomic mass is 10.5. The third-order valence-electron chi connectivity index (χ3n) is 1.34. The van der Waals surface area contributed by atoms with Gasteiger partial charge in [0.25, 0.3) is 0 Å². The maximum Gasteiger partial charge on any atom is 1.00 e. The van der Waals surface area contributed by atoms with Crippen molar-refractivity contribution in [1.29, 1.82) is 0 Å². The Hall–Kier alpha value is -0.120. The summed E-state index contributed by atoms with van der Waals surface area (Å²) in [5.41, 5.74) is 0. The van der Waals surface area contributed by atoms with Gasteiger partial charge in [-0.25, -0.2) is 0 Å². The molecular formula is C6H18NO2+. The molecule has 3 heteroatoms. The fraction of sp³-hybridized carbons (Fsp3) is 1.00. The van der Waals surface area contributed by atoms with E-state index in [2.05, 4.69) is 25.7 Å². The molecule has 0 aromatic heterocycles. The first-order valence-corrected chi connectivity index (χ1v) is 3.27. The van der Waals surface area contributed by atoms with Gasteiger partial charge in [-0.05, 0) is 19.6 Å². The normalized spacial score (nSPS) is 8.67. The molecule has 0 saturated heterocycles. The summed E-state index contributed by atoms with van der Waals surface area (Å²) in [6.45, 7) is 10.1. The lowest BCUT2D eigenvalue weighted by Gasteiger charge is -2.13. The summed E-state index contributed by atoms with van der Waals surface area (Å²) in [7, 11) is 0. The molecule has 0 saturated carbocycles. The Morgan fingerprint density at radius 1 is 1.00 bits per heavy atom. The Morgan fingerprint density at radius 3 is 1.22 bits per heavy atom. The molecule has 2 N–H and O–H groups in total. The molecule has 0 aliphatic rings. The molecular weight excluding hydrogens is 118 g/mol. The van der Waals surface area contributed by atoms with E-state index in [9.17, 15) is 0 Å². The van der Waals surface area contributed by atoms with Crippen LogP contribution in [0.4, 0.5) is 0 Å². The average Bonchev–Trinajstić information content (AvgIpc) is 1.96. The van der Waals surface area contributed by atoms with E-state index in [0.29, 0.717) is 0 Å². The fourth-order valence-electron chi connectivity index (χ4n) is 0.671. The maximum absolute atomic E-state index is 6.00. The van der Waals surface area contributed by atoms with Gasteiger partial charge in [-0.1, -0.05) is 20.8 Å². The Labute approximate surface area is 58.3 Å². The molecule has 3 nitrogen and oxygen atoms in total. The molecule has 0 heterocycles. The number of rotatable bonds is 3. The minimum Gasteiger partial charge on any atom is -0.304 e. The highest BCUT2D eigenvalue weighted by molar-refractivity contribution is 4.43. The molecule has 0 aliphatic heterocycles. The Morgan fingerprint density at radius 2 is 1.22 bits per heavy atom. The van der Waals surface area contributed by atoms with E-state index in [1.54, 1.807) is 0 Å². The largest absolute Gasteiger partial charge is 1.00 e. The standard InChI is InChI=1S/C6H15N.H2O2/c1-4-7(5-2)6-3;1-2/h4-6H2,1-3H3;1-2H/p+1. The first kappa shape index (κ1) is 11.6. The van der Waals surface area contributed by atoms with Crippen molar-refractivity contribution in [3.63, 3.8) is 0 Å². The quantitative estimate of drug-likeness (QED) is 0.456. The van der Waals surface area contributed by atoms with Crippen LogP contribution in [0.15, 0.2) is 0 Å². The average molecular weight is 136 g/mol. The van der Waals surface area contributed by atoms with Crippen molar-refractivity contribution in [1.82, 2.24) is 4.90 Å². The highest BCUT2D eigenvalue weighted by Gasteiger charge is 1.89. The molecule has 9 heavy (non-hydrogen) atoms. The Bertz CT molecular complexity index is 37.2. The summed E-state index contributed by atoms with van der Waals surface area (Å²) in [5.74, 6) is 0. The first-order valence-electron chi connectivity index (χ1n) is 3.27. The van der Waals surface area contributed by atoms with Gasteiger partial charge < -0.3 is 4.90 Å². The summed E-state index contributed by atoms with van der Waals surface area (Å²) < 4.78 is 0. The molecule has 0 unspecified atom stereocenters. The molecule has 0 spiro atoms. The van der Waals surface area contributed by atoms with Crippen molar-refractivity contribution >= 4 is 0 Å². The lowest BCUT2D eigenvalue weighted by molar-refractivity contribution is -0.176. The minimum atomic E-state index is 0. The van der Waals surface area contributed by atoms with Crippen molar-refractivity contribution < 1.29 is 11.9 Å². The van der Waals surface area contributed by atoms with Crippen LogP contribution in [0.5, 0.6) is 0 Å². The number of hydrogen-bond donors (Lipinski definition) is 2. The van der Waals surface area contributed by atoms with Crippen LogP contribution >= 0.6 is 0 Å². The van der Waals surface area contributed by atoms with Gasteiger partial charge in [0.1, 0.15) is 0 Å². The molecule has 0 aromatic rings. The topological polar surface area (TPSA) is 43.7 Å². The maximum atomic E-state index is 6.00. The molecule has 0 aromatic carbocycles. The summed E-state index contributed by atoms with van der Waals surface area (Å²) in [6, 6.07) is 0. The summed E-state index contributed by atoms with van der Waals surface area (Å²) in [5, 5.41) is 12.0. The highest BCUT2D eigenvalue weighted by Crippen LogP contribution is 1.81. The number of hydrogen-bond acceptors (Lipinski definition) is 3. The van der Waals surface area contributed by atoms with Gasteiger partial charge in [0, 0.05) is 0 Å². The minimum absolute atomic E-state index is 0. The highest BCUT2D eigenvalue weighted by atomic mass is 17.0. The van der Waals surface area contributed by atoms with Gasteiger partial charge in [-0.3, -0.25) is 10.5 Å². The predicted octanol–water partition coefficient (Wildman–Crippen LogP) is 1.48. The van der Waals surface area contributed by atoms with E-state index >= 15 is 0 Å². The van der Waals surface area contributed by atoms with Crippen molar-refractivity contribution in [2.24, 2.45) is 0 Å². The zero-order chi connectivity index (χ0) is 7.70. The van der Waals surface area contributed by atoms with Gasteiger partial charge in [0.2, 0.25) is 0 Å². The van der Waals surface area contributed by atoms with Crippen LogP contribution in [0.3, 0.4) is 0 Å². The SMILES string of the molecule is CCN(CC)CC.OO.[H+]. The van der Waals surface area contributed by atoms with Crippen molar-refractivity contribution in [2.75, 3.05) is 19.6 Å². The van der Waals surface area contributed by atoms with E-state index in [1.165, 1.54) is 19.6 Å². The van der Waals surface area contributed by atoms with E-state index in [1.807, 2.05) is 0 Å². The van der Waals surface area contributed by atoms with Crippen LogP contribution in [0.1, 0.15) is 22.2 Å². The molecule has 0 fully saturated rings. The van der Waals surface area contributed by atoms with Gasteiger partial charge >= 0.3 is 1.43 Å². The van der Waals surface area contributed by atoms with Crippen LogP contribution in [-0.2, 0) is 0 Å². The van der Waals surface area contributed by atoms with Crippen LogP contribution in [-0.4, -0.2) is 35.0 Å². The van der Waals surface area contributed by atoms with E-state index in [4.69, 9.17) is 10.5 Å². The van der Waals surface area contributed by atoms with E-state index in [0.717, 1.165) is 0 Å². The Kier molecular flexibility index (Phi) is 14.0. The lowest BCUT2D eigenvalue weighted by Crippen LogP contribution is -2.21. The monoisotopic (exact) mass is 136 g/mol. The third kappa shape index (κ3) is 7.88. The van der Waals surface area contributed by atoms with Crippen LogP contribution < -0.4 is 0 Å². The molecule has 0 amide bonds. The van der Waals surface area contributed by atoms with Gasteiger partial charge in [0.15, 0.2) is 0 Å². The molecule has 0 atom stereocenters. The zero-order valence-electron chi connectivity index (χ0n) is 7.46. The van der Waals surface area contributed by atoms with Crippen molar-refractivity contribution in [2.45, 2.75) is 20.8 Å². The van der Waals surface area contributed by atoms with Crippen molar-refractivity contribution in [3.05, 3.63) is 0 Å². The van der Waals surface area contributed by atoms with Gasteiger partial charge in [-0.2, -0.15) is 0 Å². The van der Waals surface area contributed by atoms with Crippen LogP contribution in [0.25, 0.3) is 0 Å². The second kappa shape index (κ2) is 10.8. The molecule has 0 radical (unpaired) electrons. The van der Waals surface area contributed by atoms with Crippen LogP contribution in [0.2, 0.25) is 0 Å². The van der Waals surface area contributed by atoms with Crippen LogP contribution in [0, 0.1) is 0 Å². The summed E-state index contributed by atoms with van der Waals surface area (Å²) in [6.07, 6.45) is 0. The predicted molar refractivity (Wildman–Crippen MR) is 39.8 cm³/mol. The van der Waals surface area contributed by atoms with E-state index in [-0.39, 0.29) is 1.43 Å². The molecule has 0 bridgehead atoms. The fourth-order valence-corrected chi connectivity index (χ4v) is 0.671. The van der Waals surface area contributed by atoms with Gasteiger partial charge in [0.05, 0.1) is 0 Å². The summed E-state index contributed by atoms with van der Waals surface area (Å²) in [4.78, 5) is 2.38.